The topological polar surface area (TPSA) is 92.6 Å². The lowest BCUT2D eigenvalue weighted by Gasteiger charge is -2.33. The normalized spacial score (nSPS) is 14.7. The van der Waals surface area contributed by atoms with Gasteiger partial charge in [-0.15, -0.1) is 0 Å². The van der Waals surface area contributed by atoms with Gasteiger partial charge in [-0.2, -0.15) is 0 Å². The van der Waals surface area contributed by atoms with Crippen molar-refractivity contribution >= 4 is 29.3 Å². The lowest BCUT2D eigenvalue weighted by molar-refractivity contribution is -0.384. The molecule has 0 spiro atoms. The van der Waals surface area contributed by atoms with Crippen molar-refractivity contribution in [3.63, 3.8) is 0 Å². The summed E-state index contributed by atoms with van der Waals surface area (Å²) in [5.41, 5.74) is 2.25. The predicted molar refractivity (Wildman–Crippen MR) is 98.5 cm³/mol. The molecule has 3 rings (SSSR count). The number of carbonyl (C=O) groups excluding carboxylic acids is 2. The molecule has 1 amide bonds. The van der Waals surface area contributed by atoms with Crippen molar-refractivity contribution < 1.29 is 14.5 Å². The summed E-state index contributed by atoms with van der Waals surface area (Å²) in [6, 6.07) is 13.2. The van der Waals surface area contributed by atoms with Crippen molar-refractivity contribution in [1.29, 1.82) is 0 Å². The zero-order valence-electron chi connectivity index (χ0n) is 14.1. The van der Waals surface area contributed by atoms with Crippen LogP contribution >= 0.6 is 0 Å². The highest BCUT2D eigenvalue weighted by molar-refractivity contribution is 5.92. The van der Waals surface area contributed by atoms with E-state index in [1.165, 1.54) is 12.1 Å². The number of non-ortho nitro benzene ring substituents is 1. The molecule has 1 aliphatic heterocycles. The van der Waals surface area contributed by atoms with E-state index < -0.39 is 4.92 Å². The monoisotopic (exact) mass is 353 g/mol. The highest BCUT2D eigenvalue weighted by atomic mass is 16.6. The quantitative estimate of drug-likeness (QED) is 0.506. The molecule has 0 bridgehead atoms. The van der Waals surface area contributed by atoms with E-state index in [2.05, 4.69) is 10.2 Å². The maximum absolute atomic E-state index is 12.4. The molecule has 0 atom stereocenters. The van der Waals surface area contributed by atoms with Crippen LogP contribution in [0.15, 0.2) is 48.5 Å². The molecule has 1 saturated heterocycles. The van der Waals surface area contributed by atoms with Gasteiger partial charge in [0.1, 0.15) is 6.29 Å². The van der Waals surface area contributed by atoms with E-state index >= 15 is 0 Å². The summed E-state index contributed by atoms with van der Waals surface area (Å²) in [5.74, 6) is -0.148. The molecular weight excluding hydrogens is 334 g/mol. The highest BCUT2D eigenvalue weighted by Gasteiger charge is 2.25. The molecule has 134 valence electrons. The van der Waals surface area contributed by atoms with Gasteiger partial charge in [0, 0.05) is 48.1 Å². The molecule has 7 heteroatoms. The summed E-state index contributed by atoms with van der Waals surface area (Å²) in [6.45, 7) is 1.53. The van der Waals surface area contributed by atoms with E-state index in [1.807, 2.05) is 12.1 Å². The molecule has 0 aromatic heterocycles. The van der Waals surface area contributed by atoms with Crippen molar-refractivity contribution in [2.75, 3.05) is 23.3 Å². The summed E-state index contributed by atoms with van der Waals surface area (Å²) in [7, 11) is 0. The number of nitrogens with zero attached hydrogens (tertiary/aromatic N) is 2. The van der Waals surface area contributed by atoms with E-state index in [0.29, 0.717) is 11.3 Å². The molecule has 0 unspecified atom stereocenters. The average molecular weight is 353 g/mol. The Morgan fingerprint density at radius 1 is 1.08 bits per heavy atom. The zero-order chi connectivity index (χ0) is 18.5. The smallest absolute Gasteiger partial charge is 0.269 e. The van der Waals surface area contributed by atoms with Crippen molar-refractivity contribution in [1.82, 2.24) is 0 Å². The Morgan fingerprint density at radius 2 is 1.69 bits per heavy atom. The van der Waals surface area contributed by atoms with Crippen LogP contribution in [0, 0.1) is 16.0 Å². The van der Waals surface area contributed by atoms with Crippen LogP contribution < -0.4 is 10.2 Å². The molecule has 1 N–H and O–H groups in total. The fourth-order valence-corrected chi connectivity index (χ4v) is 3.07. The van der Waals surface area contributed by atoms with Gasteiger partial charge in [0.25, 0.3) is 5.69 Å². The van der Waals surface area contributed by atoms with E-state index in [4.69, 9.17) is 0 Å². The SMILES string of the molecule is O=Cc1ccc(N2CCC(C(=O)Nc3ccc([N+](=O)[O-])cc3)CC2)cc1. The molecule has 2 aromatic rings. The molecular formula is C19H19N3O4. The lowest BCUT2D eigenvalue weighted by atomic mass is 9.95. The van der Waals surface area contributed by atoms with E-state index in [1.54, 1.807) is 24.3 Å². The first-order valence-electron chi connectivity index (χ1n) is 8.42. The third kappa shape index (κ3) is 4.05. The zero-order valence-corrected chi connectivity index (χ0v) is 14.1. The minimum Gasteiger partial charge on any atom is -0.371 e. The molecule has 7 nitrogen and oxygen atoms in total. The van der Waals surface area contributed by atoms with Gasteiger partial charge >= 0.3 is 0 Å². The second kappa shape index (κ2) is 7.77. The Bertz CT molecular complexity index is 795. The van der Waals surface area contributed by atoms with Crippen molar-refractivity contribution in [3.05, 3.63) is 64.2 Å². The largest absolute Gasteiger partial charge is 0.371 e. The third-order valence-electron chi connectivity index (χ3n) is 4.61. The van der Waals surface area contributed by atoms with Crippen molar-refractivity contribution in [2.24, 2.45) is 5.92 Å². The maximum Gasteiger partial charge on any atom is 0.269 e. The summed E-state index contributed by atoms with van der Waals surface area (Å²) < 4.78 is 0. The van der Waals surface area contributed by atoms with Gasteiger partial charge in [-0.05, 0) is 49.2 Å². The molecule has 1 fully saturated rings. The Kier molecular flexibility index (Phi) is 5.26. The number of hydrogen-bond acceptors (Lipinski definition) is 5. The van der Waals surface area contributed by atoms with Crippen molar-refractivity contribution in [3.8, 4) is 0 Å². The number of carbonyl (C=O) groups is 2. The molecule has 1 heterocycles. The van der Waals surface area contributed by atoms with E-state index in [0.717, 1.165) is 37.9 Å². The first kappa shape index (κ1) is 17.6. The fourth-order valence-electron chi connectivity index (χ4n) is 3.07. The Labute approximate surface area is 150 Å². The standard InChI is InChI=1S/C19H19N3O4/c23-13-14-1-5-17(6-2-14)21-11-9-15(10-12-21)19(24)20-16-3-7-18(8-4-16)22(25)26/h1-8,13,15H,9-12H2,(H,20,24). The number of anilines is 2. The number of rotatable bonds is 5. The van der Waals surface area contributed by atoms with Crippen LogP contribution in [-0.4, -0.2) is 30.2 Å². The number of benzene rings is 2. The van der Waals surface area contributed by atoms with Crippen LogP contribution in [0.3, 0.4) is 0 Å². The van der Waals surface area contributed by atoms with Crippen LogP contribution in [0.1, 0.15) is 23.2 Å². The first-order chi connectivity index (χ1) is 12.6. The summed E-state index contributed by atoms with van der Waals surface area (Å²) >= 11 is 0. The van der Waals surface area contributed by atoms with Crippen LogP contribution in [0.2, 0.25) is 0 Å². The Morgan fingerprint density at radius 3 is 2.23 bits per heavy atom. The predicted octanol–water partition coefficient (Wildman–Crippen LogP) is 3.26. The Balaban J connectivity index is 1.54. The minimum absolute atomic E-state index is 0.00287. The molecule has 0 radical (unpaired) electrons. The number of aldehydes is 1. The van der Waals surface area contributed by atoms with Crippen LogP contribution in [0.25, 0.3) is 0 Å². The van der Waals surface area contributed by atoms with E-state index in [-0.39, 0.29) is 17.5 Å². The van der Waals surface area contributed by atoms with Crippen LogP contribution in [-0.2, 0) is 4.79 Å². The molecule has 1 aliphatic rings. The number of amides is 1. The summed E-state index contributed by atoms with van der Waals surface area (Å²) in [5, 5.41) is 13.5. The van der Waals surface area contributed by atoms with Crippen LogP contribution in [0.5, 0.6) is 0 Å². The van der Waals surface area contributed by atoms with Crippen LogP contribution in [0.4, 0.5) is 17.1 Å². The number of nitrogens with one attached hydrogen (secondary N) is 1. The molecule has 0 saturated carbocycles. The van der Waals surface area contributed by atoms with Gasteiger partial charge in [-0.3, -0.25) is 19.7 Å². The Hall–Kier alpha value is -3.22. The number of hydrogen-bond donors (Lipinski definition) is 1. The van der Waals surface area contributed by atoms with Gasteiger partial charge in [0.2, 0.25) is 5.91 Å². The lowest BCUT2D eigenvalue weighted by Crippen LogP contribution is -2.38. The second-order valence-corrected chi connectivity index (χ2v) is 6.26. The summed E-state index contributed by atoms with van der Waals surface area (Å²) in [4.78, 5) is 35.5. The van der Waals surface area contributed by atoms with Gasteiger partial charge in [-0.25, -0.2) is 0 Å². The number of nitro benzene ring substituents is 1. The van der Waals surface area contributed by atoms with E-state index in [9.17, 15) is 19.7 Å². The van der Waals surface area contributed by atoms with Gasteiger partial charge in [-0.1, -0.05) is 0 Å². The van der Waals surface area contributed by atoms with Gasteiger partial charge < -0.3 is 10.2 Å². The molecule has 26 heavy (non-hydrogen) atoms. The third-order valence-corrected chi connectivity index (χ3v) is 4.61. The average Bonchev–Trinajstić information content (AvgIpc) is 2.68. The number of nitro groups is 1. The molecule has 2 aromatic carbocycles. The number of piperidine rings is 1. The van der Waals surface area contributed by atoms with Crippen molar-refractivity contribution in [2.45, 2.75) is 12.8 Å². The fraction of sp³-hybridized carbons (Fsp3) is 0.263. The maximum atomic E-state index is 12.4. The minimum atomic E-state index is -0.469. The van der Waals surface area contributed by atoms with Gasteiger partial charge in [0.05, 0.1) is 4.92 Å². The molecule has 0 aliphatic carbocycles. The van der Waals surface area contributed by atoms with Gasteiger partial charge in [0.15, 0.2) is 0 Å². The summed E-state index contributed by atoms with van der Waals surface area (Å²) in [6.07, 6.45) is 2.28. The highest BCUT2D eigenvalue weighted by Crippen LogP contribution is 2.25. The first-order valence-corrected chi connectivity index (χ1v) is 8.42. The second-order valence-electron chi connectivity index (χ2n) is 6.26.